The van der Waals surface area contributed by atoms with Gasteiger partial charge in [-0.2, -0.15) is 35.3 Å². The molecule has 1 aromatic heterocycles. The van der Waals surface area contributed by atoms with Crippen molar-refractivity contribution >= 4 is 94.2 Å². The van der Waals surface area contributed by atoms with Gasteiger partial charge in [0.25, 0.3) is 5.91 Å². The van der Waals surface area contributed by atoms with Crippen LogP contribution in [0.4, 0.5) is 34.6 Å². The van der Waals surface area contributed by atoms with Crippen molar-refractivity contribution in [2.45, 2.75) is 20.7 Å². The molecule has 0 saturated heterocycles. The minimum Gasteiger partial charge on any atom is -0.744 e. The minimum absolute atomic E-state index is 0. The van der Waals surface area contributed by atoms with E-state index in [0.717, 1.165) is 54.6 Å². The van der Waals surface area contributed by atoms with Gasteiger partial charge in [-0.3, -0.25) is 4.79 Å². The summed E-state index contributed by atoms with van der Waals surface area (Å²) in [6, 6.07) is 9.07. The number of anilines is 5. The Bertz CT molecular complexity index is 2450. The van der Waals surface area contributed by atoms with Crippen LogP contribution >= 0.6 is 11.6 Å². The molecule has 0 bridgehead atoms. The molecule has 1 aliphatic rings. The van der Waals surface area contributed by atoms with E-state index in [1.807, 2.05) is 0 Å². The quantitative estimate of drug-likeness (QED) is 0.0805. The molecule has 3 aromatic carbocycles. The number of aromatic nitrogens is 3. The number of aliphatic carboxylic acids is 1. The maximum atomic E-state index is 13.1. The van der Waals surface area contributed by atoms with E-state index in [4.69, 9.17) is 11.6 Å². The van der Waals surface area contributed by atoms with E-state index < -0.39 is 74.4 Å². The predicted octanol–water partition coefficient (Wildman–Crippen LogP) is -8.55. The van der Waals surface area contributed by atoms with Crippen molar-refractivity contribution < 1.29 is 144 Å². The summed E-state index contributed by atoms with van der Waals surface area (Å²) in [5.74, 6) is -3.56. The topological polar surface area (TPSA) is 332 Å². The molecule has 21 nitrogen and oxygen atoms in total. The first-order valence-electron chi connectivity index (χ1n) is 13.0. The summed E-state index contributed by atoms with van der Waals surface area (Å²) >= 11 is 5.99. The molecule has 4 aromatic rings. The molecule has 28 heteroatoms. The molecule has 2 N–H and O–H groups in total. The molecule has 53 heavy (non-hydrogen) atoms. The third-order valence-corrected chi connectivity index (χ3v) is 9.01. The predicted molar refractivity (Wildman–Crippen MR) is 164 cm³/mol. The molecule has 0 fully saturated rings. The van der Waals surface area contributed by atoms with Gasteiger partial charge >= 0.3 is 90.1 Å². The van der Waals surface area contributed by atoms with Gasteiger partial charge in [0.2, 0.25) is 17.2 Å². The van der Waals surface area contributed by atoms with Gasteiger partial charge in [-0.25, -0.2) is 25.3 Å². The van der Waals surface area contributed by atoms with Gasteiger partial charge in [0.05, 0.1) is 26.3 Å². The van der Waals surface area contributed by atoms with Crippen molar-refractivity contribution in [1.29, 1.82) is 0 Å². The number of azo groups is 1. The van der Waals surface area contributed by atoms with E-state index >= 15 is 0 Å². The normalized spacial score (nSPS) is 14.4. The van der Waals surface area contributed by atoms with Crippen LogP contribution in [0.1, 0.15) is 1.43 Å². The molecule has 1 atom stereocenters. The fourth-order valence-electron chi connectivity index (χ4n) is 4.07. The van der Waals surface area contributed by atoms with Crippen LogP contribution in [0, 0.1) is 0 Å². The maximum Gasteiger partial charge on any atom is 1.00 e. The van der Waals surface area contributed by atoms with Crippen LogP contribution < -0.4 is 109 Å². The Hall–Kier alpha value is -2.50. The Morgan fingerprint density at radius 3 is 1.74 bits per heavy atom. The SMILES string of the molecule is O=C([O-])C1=NN(c2ccc(S(=O)(=O)[O-])cc2)C(=O)C1N=Nc1cc(Nc2nc(Cl)nc(Nc3ccc(S(=O)(=O)[O-])cc3)n2)ccc1S(=O)(=O)[O-].[H+].[Na+].[Na+].[Na+]. The maximum absolute atomic E-state index is 13.1. The number of benzene rings is 3. The molecule has 0 saturated carbocycles. The molecule has 260 valence electrons. The first kappa shape index (κ1) is 46.7. The molecular weight excluding hydrogens is 819 g/mol. The molecule has 0 radical (unpaired) electrons. The van der Waals surface area contributed by atoms with Gasteiger partial charge in [-0.1, -0.05) is 0 Å². The Kier molecular flexibility index (Phi) is 16.2. The first-order valence-corrected chi connectivity index (χ1v) is 17.6. The van der Waals surface area contributed by atoms with Gasteiger partial charge in [0, 0.05) is 11.4 Å². The van der Waals surface area contributed by atoms with Crippen LogP contribution in [-0.4, -0.2) is 77.5 Å². The summed E-state index contributed by atoms with van der Waals surface area (Å²) < 4.78 is 103. The van der Waals surface area contributed by atoms with Crippen molar-refractivity contribution in [2.75, 3.05) is 15.6 Å². The average molecular weight is 834 g/mol. The summed E-state index contributed by atoms with van der Waals surface area (Å²) in [6.45, 7) is 0. The Balaban J connectivity index is 0.00000364. The third kappa shape index (κ3) is 11.7. The van der Waals surface area contributed by atoms with Crippen LogP contribution in [0.5, 0.6) is 0 Å². The van der Waals surface area contributed by atoms with Crippen LogP contribution in [0.2, 0.25) is 5.28 Å². The zero-order chi connectivity index (χ0) is 36.6. The molecular formula is C25H15ClN9Na3O12S3. The molecule has 1 amide bonds. The van der Waals surface area contributed by atoms with Crippen molar-refractivity contribution in [2.24, 2.45) is 15.3 Å². The summed E-state index contributed by atoms with van der Waals surface area (Å²) in [7, 11) is -14.8. The number of carbonyl (C=O) groups is 2. The fraction of sp³-hybridized carbons (Fsp3) is 0.0400. The van der Waals surface area contributed by atoms with Gasteiger partial charge in [-0.15, -0.1) is 0 Å². The Morgan fingerprint density at radius 2 is 1.25 bits per heavy atom. The van der Waals surface area contributed by atoms with Gasteiger partial charge < -0.3 is 34.2 Å². The standard InChI is InChI=1S/C25H18ClN9O12S3.3Na/c26-23-29-24(27-12-1-6-15(7-2-12)48(39,40)41)31-25(30-23)28-13-3-10-18(50(45,46)47)17(11-13)32-33-19-20(22(37)38)34-35(21(19)36)14-4-8-16(9-5-14)49(42,43)44;;;/h1-11,19H,(H,37,38)(H,39,40,41)(H,42,43,44)(H,45,46,47)(H2,27,28,29,30,31);;;/q;3*+1/p-3. The van der Waals surface area contributed by atoms with Crippen LogP contribution in [0.3, 0.4) is 0 Å². The second-order valence-electron chi connectivity index (χ2n) is 9.61. The molecule has 1 aliphatic heterocycles. The van der Waals surface area contributed by atoms with E-state index in [2.05, 4.69) is 40.9 Å². The van der Waals surface area contributed by atoms with E-state index in [0.29, 0.717) is 5.01 Å². The number of nitrogens with zero attached hydrogens (tertiary/aromatic N) is 7. The van der Waals surface area contributed by atoms with E-state index in [-0.39, 0.29) is 124 Å². The number of hydrogen-bond donors (Lipinski definition) is 2. The number of amides is 1. The minimum atomic E-state index is -5.23. The average Bonchev–Trinajstić information content (AvgIpc) is 3.34. The molecule has 5 rings (SSSR count). The number of carbonyl (C=O) groups excluding carboxylic acids is 2. The summed E-state index contributed by atoms with van der Waals surface area (Å²) in [5.41, 5.74) is -1.63. The van der Waals surface area contributed by atoms with Crippen molar-refractivity contribution in [3.8, 4) is 0 Å². The third-order valence-electron chi connectivity index (χ3n) is 6.26. The zero-order valence-electron chi connectivity index (χ0n) is 28.1. The number of halogens is 1. The van der Waals surface area contributed by atoms with Crippen molar-refractivity contribution in [3.63, 3.8) is 0 Å². The van der Waals surface area contributed by atoms with Gasteiger partial charge in [0.15, 0.2) is 6.04 Å². The number of carboxylic acids is 1. The summed E-state index contributed by atoms with van der Waals surface area (Å²) in [4.78, 5) is 34.6. The Labute approximate surface area is 372 Å². The zero-order valence-corrected chi connectivity index (χ0v) is 36.3. The number of carboxylic acid groups (broad SMARTS) is 1. The largest absolute Gasteiger partial charge is 1.00 e. The monoisotopic (exact) mass is 833 g/mol. The van der Waals surface area contributed by atoms with Gasteiger partial charge in [0.1, 0.15) is 41.8 Å². The second-order valence-corrected chi connectivity index (χ2v) is 14.1. The van der Waals surface area contributed by atoms with Crippen LogP contribution in [-0.2, 0) is 39.9 Å². The fourth-order valence-corrected chi connectivity index (χ4v) is 5.76. The molecule has 0 aliphatic carbocycles. The number of nitrogens with one attached hydrogen (secondary N) is 2. The van der Waals surface area contributed by atoms with E-state index in [1.54, 1.807) is 0 Å². The summed E-state index contributed by atoms with van der Waals surface area (Å²) in [6.07, 6.45) is 0. The van der Waals surface area contributed by atoms with Gasteiger partial charge in [-0.05, 0) is 78.3 Å². The molecule has 1 unspecified atom stereocenters. The van der Waals surface area contributed by atoms with E-state index in [9.17, 15) is 53.6 Å². The number of hydrogen-bond acceptors (Lipinski definition) is 20. The number of hydrazone groups is 1. The van der Waals surface area contributed by atoms with E-state index in [1.165, 1.54) is 12.1 Å². The van der Waals surface area contributed by atoms with Crippen LogP contribution in [0.25, 0.3) is 0 Å². The number of rotatable bonds is 11. The Morgan fingerprint density at radius 1 is 0.755 bits per heavy atom. The smallest absolute Gasteiger partial charge is 0.744 e. The summed E-state index contributed by atoms with van der Waals surface area (Å²) in [5, 5.41) is 28.1. The van der Waals surface area contributed by atoms with Crippen molar-refractivity contribution in [1.82, 2.24) is 15.0 Å². The first-order chi connectivity index (χ1) is 23.3. The molecule has 0 spiro atoms. The second kappa shape index (κ2) is 18.4. The van der Waals surface area contributed by atoms with Crippen LogP contribution in [0.15, 0.2) is 96.7 Å². The van der Waals surface area contributed by atoms with Crippen molar-refractivity contribution in [3.05, 3.63) is 72.0 Å². The molecule has 2 heterocycles.